The Bertz CT molecular complexity index is 1410. The summed E-state index contributed by atoms with van der Waals surface area (Å²) in [4.78, 5) is 4.57. The summed E-state index contributed by atoms with van der Waals surface area (Å²) < 4.78 is 12.0. The van der Waals surface area contributed by atoms with E-state index in [1.54, 1.807) is 0 Å². The zero-order valence-corrected chi connectivity index (χ0v) is 18.2. The minimum absolute atomic E-state index is 0.563. The van der Waals surface area contributed by atoms with Crippen molar-refractivity contribution in [1.82, 2.24) is 4.98 Å². The lowest BCUT2D eigenvalue weighted by atomic mass is 10.0. The summed E-state index contributed by atoms with van der Waals surface area (Å²) in [6.07, 6.45) is 4.21. The van der Waals surface area contributed by atoms with E-state index in [-0.39, 0.29) is 0 Å². The number of rotatable bonds is 4. The second-order valence-electron chi connectivity index (χ2n) is 8.32. The SMILES string of the molecule is CC1(c2ccc(/C=C\c3ccc(-c4nc5ccccc5o4)cc3)cc2)Nc2ccccc2O1. The van der Waals surface area contributed by atoms with E-state index in [9.17, 15) is 0 Å². The van der Waals surface area contributed by atoms with Crippen molar-refractivity contribution in [2.24, 2.45) is 0 Å². The molecule has 0 amide bonds. The number of nitrogens with zero attached hydrogens (tertiary/aromatic N) is 1. The maximum absolute atomic E-state index is 6.17. The van der Waals surface area contributed by atoms with Gasteiger partial charge in [-0.3, -0.25) is 0 Å². The van der Waals surface area contributed by atoms with Gasteiger partial charge in [-0.25, -0.2) is 4.98 Å². The van der Waals surface area contributed by atoms with Crippen molar-refractivity contribution in [3.8, 4) is 17.2 Å². The molecule has 0 aliphatic carbocycles. The first-order valence-electron chi connectivity index (χ1n) is 11.0. The number of anilines is 1. The molecule has 1 aliphatic rings. The fourth-order valence-electron chi connectivity index (χ4n) is 4.13. The number of aromatic nitrogens is 1. The van der Waals surface area contributed by atoms with Gasteiger partial charge in [-0.1, -0.05) is 72.8 Å². The first-order chi connectivity index (χ1) is 16.2. The van der Waals surface area contributed by atoms with Gasteiger partial charge >= 0.3 is 0 Å². The second-order valence-corrected chi connectivity index (χ2v) is 8.32. The molecule has 33 heavy (non-hydrogen) atoms. The zero-order valence-electron chi connectivity index (χ0n) is 18.2. The molecule has 0 bridgehead atoms. The number of benzene rings is 4. The molecule has 2 heterocycles. The van der Waals surface area contributed by atoms with Crippen LogP contribution in [0.4, 0.5) is 5.69 Å². The van der Waals surface area contributed by atoms with Gasteiger partial charge in [0.1, 0.15) is 11.3 Å². The molecule has 0 spiro atoms. The molecule has 0 fully saturated rings. The highest BCUT2D eigenvalue weighted by Crippen LogP contribution is 2.41. The van der Waals surface area contributed by atoms with Gasteiger partial charge in [0.05, 0.1) is 5.69 Å². The Hall–Kier alpha value is -4.31. The van der Waals surface area contributed by atoms with Gasteiger partial charge in [0.2, 0.25) is 11.6 Å². The summed E-state index contributed by atoms with van der Waals surface area (Å²) in [7, 11) is 0. The average molecular weight is 431 g/mol. The highest BCUT2D eigenvalue weighted by atomic mass is 16.5. The third-order valence-electron chi connectivity index (χ3n) is 5.96. The predicted octanol–water partition coefficient (Wildman–Crippen LogP) is 7.34. The van der Waals surface area contributed by atoms with E-state index < -0.39 is 5.72 Å². The van der Waals surface area contributed by atoms with Crippen molar-refractivity contribution in [3.63, 3.8) is 0 Å². The molecule has 0 radical (unpaired) electrons. The van der Waals surface area contributed by atoms with E-state index in [2.05, 4.69) is 65.8 Å². The Morgan fingerprint density at radius 3 is 2.15 bits per heavy atom. The Morgan fingerprint density at radius 2 is 1.42 bits per heavy atom. The fraction of sp³-hybridized carbons (Fsp3) is 0.0690. The molecule has 4 heteroatoms. The van der Waals surface area contributed by atoms with Crippen molar-refractivity contribution in [1.29, 1.82) is 0 Å². The molecule has 6 rings (SSSR count). The fourth-order valence-corrected chi connectivity index (χ4v) is 4.13. The molecule has 1 unspecified atom stereocenters. The summed E-state index contributed by atoms with van der Waals surface area (Å²) in [5.74, 6) is 1.52. The van der Waals surface area contributed by atoms with Crippen LogP contribution in [0.25, 0.3) is 34.7 Å². The van der Waals surface area contributed by atoms with Crippen LogP contribution in [-0.4, -0.2) is 4.98 Å². The lowest BCUT2D eigenvalue weighted by molar-refractivity contribution is 0.140. The molecular weight excluding hydrogens is 408 g/mol. The van der Waals surface area contributed by atoms with Crippen LogP contribution >= 0.6 is 0 Å². The van der Waals surface area contributed by atoms with Gasteiger partial charge in [-0.15, -0.1) is 0 Å². The van der Waals surface area contributed by atoms with E-state index in [0.717, 1.165) is 44.8 Å². The lowest BCUT2D eigenvalue weighted by Gasteiger charge is -2.25. The highest BCUT2D eigenvalue weighted by Gasteiger charge is 2.35. The highest BCUT2D eigenvalue weighted by molar-refractivity contribution is 5.77. The Balaban J connectivity index is 1.16. The number of hydrogen-bond acceptors (Lipinski definition) is 4. The zero-order chi connectivity index (χ0) is 22.3. The molecule has 5 aromatic rings. The number of hydrogen-bond donors (Lipinski definition) is 1. The predicted molar refractivity (Wildman–Crippen MR) is 133 cm³/mol. The normalized spacial score (nSPS) is 17.1. The number of oxazole rings is 1. The maximum Gasteiger partial charge on any atom is 0.227 e. The minimum Gasteiger partial charge on any atom is -0.462 e. The number of para-hydroxylation sites is 4. The van der Waals surface area contributed by atoms with Crippen molar-refractivity contribution >= 4 is 28.9 Å². The molecule has 4 nitrogen and oxygen atoms in total. The summed E-state index contributed by atoms with van der Waals surface area (Å²) in [5.41, 5.74) is 6.41. The molecule has 0 saturated heterocycles. The number of ether oxygens (including phenoxy) is 1. The van der Waals surface area contributed by atoms with E-state index in [1.165, 1.54) is 0 Å². The van der Waals surface area contributed by atoms with Crippen LogP contribution in [0, 0.1) is 0 Å². The van der Waals surface area contributed by atoms with Gasteiger partial charge in [0.25, 0.3) is 0 Å². The summed E-state index contributed by atoms with van der Waals surface area (Å²) >= 11 is 0. The first kappa shape index (κ1) is 19.4. The van der Waals surface area contributed by atoms with E-state index >= 15 is 0 Å². The quantitative estimate of drug-likeness (QED) is 0.303. The summed E-state index contributed by atoms with van der Waals surface area (Å²) in [6.45, 7) is 2.05. The average Bonchev–Trinajstić information content (AvgIpc) is 3.44. The van der Waals surface area contributed by atoms with Crippen LogP contribution in [-0.2, 0) is 5.72 Å². The minimum atomic E-state index is -0.563. The maximum atomic E-state index is 6.17. The van der Waals surface area contributed by atoms with Crippen LogP contribution in [0.3, 0.4) is 0 Å². The number of fused-ring (bicyclic) bond motifs is 2. The lowest BCUT2D eigenvalue weighted by Crippen LogP contribution is -2.33. The van der Waals surface area contributed by atoms with Crippen LogP contribution in [0.1, 0.15) is 23.6 Å². The van der Waals surface area contributed by atoms with Crippen molar-refractivity contribution < 1.29 is 9.15 Å². The molecule has 4 aromatic carbocycles. The number of nitrogens with one attached hydrogen (secondary N) is 1. The smallest absolute Gasteiger partial charge is 0.227 e. The Kier molecular flexibility index (Phi) is 4.51. The largest absolute Gasteiger partial charge is 0.462 e. The van der Waals surface area contributed by atoms with Crippen molar-refractivity contribution in [2.75, 3.05) is 5.32 Å². The first-order valence-corrected chi connectivity index (χ1v) is 11.0. The van der Waals surface area contributed by atoms with Crippen molar-refractivity contribution in [2.45, 2.75) is 12.6 Å². The van der Waals surface area contributed by atoms with Gasteiger partial charge in [-0.05, 0) is 54.4 Å². The topological polar surface area (TPSA) is 47.3 Å². The standard InChI is InChI=1S/C29H22N2O2/c1-29(31-25-7-3-5-9-27(25)33-29)23-18-14-21(15-19-23)11-10-20-12-16-22(17-13-20)28-30-24-6-2-4-8-26(24)32-28/h2-19,31H,1H3/b11-10-. The van der Waals surface area contributed by atoms with Gasteiger partial charge in [0, 0.05) is 11.1 Å². The monoisotopic (exact) mass is 430 g/mol. The molecule has 1 aromatic heterocycles. The van der Waals surface area contributed by atoms with E-state index in [1.807, 2.05) is 60.7 Å². The van der Waals surface area contributed by atoms with E-state index in [4.69, 9.17) is 9.15 Å². The van der Waals surface area contributed by atoms with Crippen LogP contribution in [0.15, 0.2) is 101 Å². The van der Waals surface area contributed by atoms with Gasteiger partial charge in [-0.2, -0.15) is 0 Å². The summed E-state index contributed by atoms with van der Waals surface area (Å²) in [6, 6.07) is 32.5. The van der Waals surface area contributed by atoms with Gasteiger partial charge < -0.3 is 14.5 Å². The third-order valence-corrected chi connectivity index (χ3v) is 5.96. The molecule has 1 aliphatic heterocycles. The van der Waals surface area contributed by atoms with Crippen LogP contribution in [0.5, 0.6) is 5.75 Å². The molecule has 160 valence electrons. The molecule has 1 atom stereocenters. The second kappa shape index (κ2) is 7.68. The van der Waals surface area contributed by atoms with Gasteiger partial charge in [0.15, 0.2) is 5.58 Å². The Labute approximate surface area is 192 Å². The molecule has 0 saturated carbocycles. The van der Waals surface area contributed by atoms with Crippen molar-refractivity contribution in [3.05, 3.63) is 114 Å². The summed E-state index contributed by atoms with van der Waals surface area (Å²) in [5, 5.41) is 3.48. The third kappa shape index (κ3) is 3.66. The van der Waals surface area contributed by atoms with E-state index in [0.29, 0.717) is 5.89 Å². The molecular formula is C29H22N2O2. The molecule has 1 N–H and O–H groups in total. The van der Waals surface area contributed by atoms with Crippen LogP contribution in [0.2, 0.25) is 0 Å². The Morgan fingerprint density at radius 1 is 0.758 bits per heavy atom. The van der Waals surface area contributed by atoms with Crippen LogP contribution < -0.4 is 10.1 Å².